The Kier molecular flexibility index (Phi) is 4.47. The number of H-pyrrole nitrogens is 1. The van der Waals surface area contributed by atoms with Crippen LogP contribution < -0.4 is 4.90 Å². The zero-order valence-electron chi connectivity index (χ0n) is 12.5. The molecule has 1 saturated heterocycles. The molecule has 0 aromatic carbocycles. The molecule has 0 radical (unpaired) electrons. The van der Waals surface area contributed by atoms with Crippen molar-refractivity contribution in [3.05, 3.63) is 17.9 Å². The van der Waals surface area contributed by atoms with Gasteiger partial charge in [0.05, 0.1) is 5.75 Å². The molecule has 0 bridgehead atoms. The highest BCUT2D eigenvalue weighted by molar-refractivity contribution is 7.99. The molecule has 10 heteroatoms. The van der Waals surface area contributed by atoms with Gasteiger partial charge in [-0.25, -0.2) is 9.97 Å². The third-order valence-corrected chi connectivity index (χ3v) is 4.33. The molecule has 0 aliphatic carbocycles. The fraction of sp³-hybridized carbons (Fsp3) is 0.462. The highest BCUT2D eigenvalue weighted by Crippen LogP contribution is 2.23. The van der Waals surface area contributed by atoms with Crippen LogP contribution in [0.25, 0.3) is 0 Å². The van der Waals surface area contributed by atoms with E-state index >= 15 is 0 Å². The van der Waals surface area contributed by atoms with Crippen molar-refractivity contribution in [3.63, 3.8) is 0 Å². The maximum Gasteiger partial charge on any atom is 0.234 e. The predicted molar refractivity (Wildman–Crippen MR) is 81.9 cm³/mol. The SMILES string of the molecule is Cc1nc(C#N)c(N2CCN(C(=O)CSc3ncn[nH]3)CC2)o1. The summed E-state index contributed by atoms with van der Waals surface area (Å²) < 4.78 is 5.50. The quantitative estimate of drug-likeness (QED) is 0.800. The summed E-state index contributed by atoms with van der Waals surface area (Å²) in [6, 6.07) is 2.04. The summed E-state index contributed by atoms with van der Waals surface area (Å²) in [5, 5.41) is 16.2. The van der Waals surface area contributed by atoms with E-state index in [2.05, 4.69) is 20.2 Å². The van der Waals surface area contributed by atoms with E-state index in [0.717, 1.165) is 0 Å². The monoisotopic (exact) mass is 333 g/mol. The number of hydrogen-bond donors (Lipinski definition) is 1. The molecule has 9 nitrogen and oxygen atoms in total. The van der Waals surface area contributed by atoms with Gasteiger partial charge in [0.2, 0.25) is 17.5 Å². The number of aromatic amines is 1. The summed E-state index contributed by atoms with van der Waals surface area (Å²) >= 11 is 1.33. The van der Waals surface area contributed by atoms with Gasteiger partial charge in [0.1, 0.15) is 12.4 Å². The number of thioether (sulfide) groups is 1. The number of aryl methyl sites for hydroxylation is 1. The van der Waals surface area contributed by atoms with Gasteiger partial charge in [-0.15, -0.1) is 0 Å². The van der Waals surface area contributed by atoms with Gasteiger partial charge >= 0.3 is 0 Å². The summed E-state index contributed by atoms with van der Waals surface area (Å²) in [5.74, 6) is 1.34. The zero-order valence-corrected chi connectivity index (χ0v) is 13.3. The fourth-order valence-electron chi connectivity index (χ4n) is 2.35. The first-order valence-electron chi connectivity index (χ1n) is 7.06. The van der Waals surface area contributed by atoms with Crippen molar-refractivity contribution in [2.45, 2.75) is 12.1 Å². The maximum atomic E-state index is 12.2. The minimum atomic E-state index is 0.0558. The van der Waals surface area contributed by atoms with Gasteiger partial charge in [0, 0.05) is 33.1 Å². The van der Waals surface area contributed by atoms with Crippen molar-refractivity contribution in [3.8, 4) is 6.07 Å². The zero-order chi connectivity index (χ0) is 16.2. The van der Waals surface area contributed by atoms with Crippen LogP contribution in [0.1, 0.15) is 11.6 Å². The van der Waals surface area contributed by atoms with Crippen LogP contribution in [0.4, 0.5) is 5.88 Å². The van der Waals surface area contributed by atoms with Crippen LogP contribution in [0, 0.1) is 18.3 Å². The van der Waals surface area contributed by atoms with E-state index in [0.29, 0.717) is 54.6 Å². The first-order chi connectivity index (χ1) is 11.2. The molecule has 3 heterocycles. The van der Waals surface area contributed by atoms with E-state index in [1.807, 2.05) is 11.0 Å². The molecule has 120 valence electrons. The average Bonchev–Trinajstić information content (AvgIpc) is 3.22. The molecule has 1 aliphatic rings. The molecule has 0 atom stereocenters. The minimum Gasteiger partial charge on any atom is -0.424 e. The van der Waals surface area contributed by atoms with Crippen LogP contribution in [-0.4, -0.2) is 62.9 Å². The molecule has 2 aromatic rings. The predicted octanol–water partition coefficient (Wildman–Crippen LogP) is 0.414. The summed E-state index contributed by atoms with van der Waals surface area (Å²) in [7, 11) is 0. The molecule has 0 unspecified atom stereocenters. The van der Waals surface area contributed by atoms with E-state index in [-0.39, 0.29) is 5.91 Å². The first-order valence-corrected chi connectivity index (χ1v) is 8.04. The molecular weight excluding hydrogens is 318 g/mol. The van der Waals surface area contributed by atoms with Crippen molar-refractivity contribution in [1.29, 1.82) is 5.26 Å². The second-order valence-corrected chi connectivity index (χ2v) is 5.91. The number of nitrogens with zero attached hydrogens (tertiary/aromatic N) is 6. The Labute approximate surface area is 136 Å². The van der Waals surface area contributed by atoms with E-state index in [9.17, 15) is 4.79 Å². The lowest BCUT2D eigenvalue weighted by Crippen LogP contribution is -2.49. The fourth-order valence-corrected chi connectivity index (χ4v) is 3.03. The Hall–Kier alpha value is -2.54. The van der Waals surface area contributed by atoms with Crippen LogP contribution in [0.2, 0.25) is 0 Å². The Morgan fingerprint density at radius 1 is 1.48 bits per heavy atom. The average molecular weight is 333 g/mol. The van der Waals surface area contributed by atoms with Crippen molar-refractivity contribution in [2.75, 3.05) is 36.8 Å². The number of aromatic nitrogens is 4. The third-order valence-electron chi connectivity index (χ3n) is 3.47. The third kappa shape index (κ3) is 3.45. The van der Waals surface area contributed by atoms with Crippen LogP contribution in [-0.2, 0) is 4.79 Å². The number of rotatable bonds is 4. The van der Waals surface area contributed by atoms with Gasteiger partial charge in [-0.2, -0.15) is 10.4 Å². The number of anilines is 1. The van der Waals surface area contributed by atoms with E-state index in [1.54, 1.807) is 11.8 Å². The maximum absolute atomic E-state index is 12.2. The molecule has 1 N–H and O–H groups in total. The van der Waals surface area contributed by atoms with Gasteiger partial charge in [-0.3, -0.25) is 9.89 Å². The number of hydrogen-bond acceptors (Lipinski definition) is 8. The second-order valence-electron chi connectivity index (χ2n) is 4.95. The molecule has 0 saturated carbocycles. The Bertz CT molecular complexity index is 713. The van der Waals surface area contributed by atoms with Crippen molar-refractivity contribution < 1.29 is 9.21 Å². The minimum absolute atomic E-state index is 0.0558. The van der Waals surface area contributed by atoms with Gasteiger partial charge in [0.25, 0.3) is 0 Å². The molecule has 2 aromatic heterocycles. The number of carbonyl (C=O) groups excluding carboxylic acids is 1. The Morgan fingerprint density at radius 3 is 2.91 bits per heavy atom. The van der Waals surface area contributed by atoms with E-state index < -0.39 is 0 Å². The summed E-state index contributed by atoms with van der Waals surface area (Å²) in [6.45, 7) is 4.11. The number of piperazine rings is 1. The topological polar surface area (TPSA) is 115 Å². The van der Waals surface area contributed by atoms with E-state index in [1.165, 1.54) is 18.1 Å². The van der Waals surface area contributed by atoms with E-state index in [4.69, 9.17) is 9.68 Å². The van der Waals surface area contributed by atoms with Gasteiger partial charge in [-0.05, 0) is 0 Å². The van der Waals surface area contributed by atoms with Crippen LogP contribution in [0.5, 0.6) is 0 Å². The van der Waals surface area contributed by atoms with Crippen molar-refractivity contribution in [2.24, 2.45) is 0 Å². The smallest absolute Gasteiger partial charge is 0.234 e. The summed E-state index contributed by atoms with van der Waals surface area (Å²) in [6.07, 6.45) is 1.41. The number of amides is 1. The lowest BCUT2D eigenvalue weighted by molar-refractivity contribution is -0.128. The number of carbonyl (C=O) groups is 1. The normalized spacial score (nSPS) is 14.8. The lowest BCUT2D eigenvalue weighted by Gasteiger charge is -2.34. The second kappa shape index (κ2) is 6.70. The summed E-state index contributed by atoms with van der Waals surface area (Å²) in [5.41, 5.74) is 0.295. The van der Waals surface area contributed by atoms with Crippen molar-refractivity contribution in [1.82, 2.24) is 25.1 Å². The Morgan fingerprint density at radius 2 is 2.26 bits per heavy atom. The van der Waals surface area contributed by atoms with Crippen LogP contribution in [0.15, 0.2) is 15.9 Å². The first kappa shape index (κ1) is 15.4. The Balaban J connectivity index is 1.53. The standard InChI is InChI=1S/C13H15N7O2S/c1-9-17-10(6-14)12(22-9)20-4-2-19(3-5-20)11(21)7-23-13-15-8-16-18-13/h8H,2-5,7H2,1H3,(H,15,16,18). The molecule has 1 aliphatic heterocycles. The lowest BCUT2D eigenvalue weighted by atomic mass is 10.3. The molecular formula is C13H15N7O2S. The molecule has 0 spiro atoms. The van der Waals surface area contributed by atoms with Gasteiger partial charge in [0.15, 0.2) is 11.0 Å². The van der Waals surface area contributed by atoms with Crippen molar-refractivity contribution >= 4 is 23.6 Å². The van der Waals surface area contributed by atoms with Gasteiger partial charge in [-0.1, -0.05) is 11.8 Å². The van der Waals surface area contributed by atoms with Crippen LogP contribution >= 0.6 is 11.8 Å². The summed E-state index contributed by atoms with van der Waals surface area (Å²) in [4.78, 5) is 24.0. The highest BCUT2D eigenvalue weighted by Gasteiger charge is 2.25. The highest BCUT2D eigenvalue weighted by atomic mass is 32.2. The molecule has 1 amide bonds. The van der Waals surface area contributed by atoms with Crippen LogP contribution in [0.3, 0.4) is 0 Å². The molecule has 3 rings (SSSR count). The van der Waals surface area contributed by atoms with Gasteiger partial charge < -0.3 is 14.2 Å². The number of nitrogens with one attached hydrogen (secondary N) is 1. The number of nitriles is 1. The largest absolute Gasteiger partial charge is 0.424 e. The number of oxazole rings is 1. The molecule has 23 heavy (non-hydrogen) atoms. The molecule has 1 fully saturated rings.